The van der Waals surface area contributed by atoms with Crippen LogP contribution in [0.25, 0.3) is 0 Å². The van der Waals surface area contributed by atoms with Gasteiger partial charge in [-0.15, -0.1) is 0 Å². The van der Waals surface area contributed by atoms with Crippen molar-refractivity contribution in [1.29, 1.82) is 0 Å². The molecule has 0 bridgehead atoms. The smallest absolute Gasteiger partial charge is 0.253 e. The van der Waals surface area contributed by atoms with Crippen molar-refractivity contribution >= 4 is 33.3 Å². The van der Waals surface area contributed by atoms with Crippen LogP contribution in [0, 0.1) is 0 Å². The van der Waals surface area contributed by atoms with Gasteiger partial charge in [0.05, 0.1) is 11.5 Å². The van der Waals surface area contributed by atoms with Gasteiger partial charge in [-0.1, -0.05) is 18.7 Å². The summed E-state index contributed by atoms with van der Waals surface area (Å²) in [6.45, 7) is 1.70. The first kappa shape index (κ1) is 15.0. The van der Waals surface area contributed by atoms with E-state index in [9.17, 15) is 18.0 Å². The topological polar surface area (TPSA) is 109 Å². The molecule has 1 unspecified atom stereocenters. The second-order valence-electron chi connectivity index (χ2n) is 4.48. The summed E-state index contributed by atoms with van der Waals surface area (Å²) in [5, 5.41) is 2.73. The standard InChI is InChI=1S/C11H15N3O4S2/c1-2-9(15)12-8-5-10(16)14-11(13-8)19-7-3-4-20(17,18)6-7/h5,7H,2-4,6H2,1H3,(H2,12,13,14,15,16). The molecule has 1 saturated heterocycles. The number of hydrogen-bond acceptors (Lipinski definition) is 6. The lowest BCUT2D eigenvalue weighted by Gasteiger charge is -2.08. The third-order valence-corrected chi connectivity index (χ3v) is 5.91. The van der Waals surface area contributed by atoms with Gasteiger partial charge in [-0.25, -0.2) is 13.4 Å². The Hall–Kier alpha value is -1.35. The molecule has 9 heteroatoms. The summed E-state index contributed by atoms with van der Waals surface area (Å²) in [4.78, 5) is 29.4. The molecular formula is C11H15N3O4S2. The molecule has 1 aliphatic heterocycles. The number of thioether (sulfide) groups is 1. The van der Waals surface area contributed by atoms with Gasteiger partial charge in [0, 0.05) is 17.7 Å². The van der Waals surface area contributed by atoms with E-state index in [2.05, 4.69) is 15.3 Å². The van der Waals surface area contributed by atoms with Crippen LogP contribution in [0.5, 0.6) is 0 Å². The number of rotatable bonds is 4. The number of aromatic nitrogens is 2. The zero-order valence-electron chi connectivity index (χ0n) is 10.9. The van der Waals surface area contributed by atoms with E-state index in [1.165, 1.54) is 17.8 Å². The Kier molecular flexibility index (Phi) is 4.48. The number of carbonyl (C=O) groups is 1. The van der Waals surface area contributed by atoms with Crippen molar-refractivity contribution in [2.24, 2.45) is 0 Å². The molecule has 1 aliphatic rings. The molecule has 1 amide bonds. The lowest BCUT2D eigenvalue weighted by molar-refractivity contribution is -0.115. The zero-order valence-corrected chi connectivity index (χ0v) is 12.5. The van der Waals surface area contributed by atoms with Crippen molar-refractivity contribution in [3.63, 3.8) is 0 Å². The lowest BCUT2D eigenvalue weighted by atomic mass is 10.4. The maximum Gasteiger partial charge on any atom is 0.253 e. The highest BCUT2D eigenvalue weighted by Gasteiger charge is 2.29. The summed E-state index contributed by atoms with van der Waals surface area (Å²) in [6.07, 6.45) is 0.833. The van der Waals surface area contributed by atoms with Gasteiger partial charge < -0.3 is 10.3 Å². The fraction of sp³-hybridized carbons (Fsp3) is 0.545. The Morgan fingerprint density at radius 2 is 2.35 bits per heavy atom. The number of hydrogen-bond donors (Lipinski definition) is 2. The highest BCUT2D eigenvalue weighted by molar-refractivity contribution is 8.01. The molecule has 0 aliphatic carbocycles. The third kappa shape index (κ3) is 4.07. The average Bonchev–Trinajstić information content (AvgIpc) is 2.67. The molecule has 1 aromatic heterocycles. The molecule has 110 valence electrons. The summed E-state index contributed by atoms with van der Waals surface area (Å²) < 4.78 is 22.8. The van der Waals surface area contributed by atoms with Crippen molar-refractivity contribution in [3.8, 4) is 0 Å². The summed E-state index contributed by atoms with van der Waals surface area (Å²) in [5.41, 5.74) is -0.380. The SMILES string of the molecule is CCC(=O)Nc1cc(=O)[nH]c(SC2CCS(=O)(=O)C2)n1. The summed E-state index contributed by atoms with van der Waals surface area (Å²) >= 11 is 1.22. The third-order valence-electron chi connectivity index (χ3n) is 2.78. The van der Waals surface area contributed by atoms with Crippen molar-refractivity contribution in [1.82, 2.24) is 9.97 Å². The number of nitrogens with zero attached hydrogens (tertiary/aromatic N) is 1. The minimum atomic E-state index is -2.97. The number of amides is 1. The average molecular weight is 317 g/mol. The molecule has 0 aromatic carbocycles. The van der Waals surface area contributed by atoms with Crippen LogP contribution >= 0.6 is 11.8 Å². The number of anilines is 1. The van der Waals surface area contributed by atoms with Crippen LogP contribution in [0.1, 0.15) is 19.8 Å². The molecule has 2 heterocycles. The van der Waals surface area contributed by atoms with Crippen molar-refractivity contribution < 1.29 is 13.2 Å². The first-order valence-electron chi connectivity index (χ1n) is 6.16. The van der Waals surface area contributed by atoms with Crippen LogP contribution in [0.2, 0.25) is 0 Å². The number of carbonyl (C=O) groups excluding carboxylic acids is 1. The van der Waals surface area contributed by atoms with Crippen LogP contribution in [0.4, 0.5) is 5.82 Å². The van der Waals surface area contributed by atoms with Crippen LogP contribution in [0.15, 0.2) is 16.0 Å². The first-order valence-corrected chi connectivity index (χ1v) is 8.86. The highest BCUT2D eigenvalue weighted by atomic mass is 32.2. The molecule has 0 saturated carbocycles. The van der Waals surface area contributed by atoms with Crippen molar-refractivity contribution in [3.05, 3.63) is 16.4 Å². The van der Waals surface area contributed by atoms with Crippen LogP contribution in [0.3, 0.4) is 0 Å². The summed E-state index contributed by atoms with van der Waals surface area (Å²) in [7, 11) is -2.97. The molecule has 1 aromatic rings. The van der Waals surface area contributed by atoms with E-state index in [4.69, 9.17) is 0 Å². The zero-order chi connectivity index (χ0) is 14.8. The van der Waals surface area contributed by atoms with E-state index in [-0.39, 0.29) is 40.5 Å². The van der Waals surface area contributed by atoms with Gasteiger partial charge in [0.2, 0.25) is 5.91 Å². The Morgan fingerprint density at radius 3 is 2.95 bits per heavy atom. The molecular weight excluding hydrogens is 302 g/mol. The van der Waals surface area contributed by atoms with E-state index < -0.39 is 9.84 Å². The number of aromatic amines is 1. The lowest BCUT2D eigenvalue weighted by Crippen LogP contribution is -2.16. The highest BCUT2D eigenvalue weighted by Crippen LogP contribution is 2.28. The quantitative estimate of drug-likeness (QED) is 0.778. The van der Waals surface area contributed by atoms with Crippen molar-refractivity contribution in [2.75, 3.05) is 16.8 Å². The first-order chi connectivity index (χ1) is 9.38. The second kappa shape index (κ2) is 5.96. The second-order valence-corrected chi connectivity index (χ2v) is 8.00. The van der Waals surface area contributed by atoms with Gasteiger partial charge in [0.15, 0.2) is 15.0 Å². The molecule has 7 nitrogen and oxygen atoms in total. The number of sulfone groups is 1. The van der Waals surface area contributed by atoms with Gasteiger partial charge in [-0.2, -0.15) is 0 Å². The Balaban J connectivity index is 2.12. The fourth-order valence-electron chi connectivity index (χ4n) is 1.80. The van der Waals surface area contributed by atoms with E-state index in [1.54, 1.807) is 6.92 Å². The van der Waals surface area contributed by atoms with Gasteiger partial charge >= 0.3 is 0 Å². The predicted octanol–water partition coefficient (Wildman–Crippen LogP) is 0.398. The monoisotopic (exact) mass is 317 g/mol. The molecule has 1 fully saturated rings. The fourth-order valence-corrected chi connectivity index (χ4v) is 5.25. The minimum absolute atomic E-state index is 0.0902. The van der Waals surface area contributed by atoms with Gasteiger partial charge in [-0.3, -0.25) is 9.59 Å². The number of nitrogens with one attached hydrogen (secondary N) is 2. The minimum Gasteiger partial charge on any atom is -0.310 e. The van der Waals surface area contributed by atoms with E-state index in [0.717, 1.165) is 0 Å². The summed E-state index contributed by atoms with van der Waals surface area (Å²) in [5.74, 6) is 0.208. The summed E-state index contributed by atoms with van der Waals surface area (Å²) in [6, 6.07) is 1.20. The predicted molar refractivity (Wildman–Crippen MR) is 76.7 cm³/mol. The van der Waals surface area contributed by atoms with Gasteiger partial charge in [0.25, 0.3) is 5.56 Å². The molecule has 2 rings (SSSR count). The normalized spacial score (nSPS) is 20.8. The van der Waals surface area contributed by atoms with E-state index >= 15 is 0 Å². The van der Waals surface area contributed by atoms with Gasteiger partial charge in [-0.05, 0) is 6.42 Å². The van der Waals surface area contributed by atoms with Crippen molar-refractivity contribution in [2.45, 2.75) is 30.2 Å². The maximum absolute atomic E-state index is 11.5. The Bertz CT molecular complexity index is 668. The van der Waals surface area contributed by atoms with E-state index in [0.29, 0.717) is 11.6 Å². The molecule has 1 atom stereocenters. The largest absolute Gasteiger partial charge is 0.310 e. The van der Waals surface area contributed by atoms with Crippen LogP contribution in [-0.2, 0) is 14.6 Å². The number of H-pyrrole nitrogens is 1. The van der Waals surface area contributed by atoms with Gasteiger partial charge in [0.1, 0.15) is 5.82 Å². The molecule has 0 spiro atoms. The molecule has 0 radical (unpaired) electrons. The Labute approximate surface area is 120 Å². The Morgan fingerprint density at radius 1 is 1.60 bits per heavy atom. The van der Waals surface area contributed by atoms with E-state index in [1.807, 2.05) is 0 Å². The maximum atomic E-state index is 11.5. The van der Waals surface area contributed by atoms with Crippen LogP contribution in [-0.4, -0.2) is 41.0 Å². The van der Waals surface area contributed by atoms with Crippen LogP contribution < -0.4 is 10.9 Å². The molecule has 20 heavy (non-hydrogen) atoms. The molecule has 2 N–H and O–H groups in total.